The fraction of sp³-hybridized carbons (Fsp3) is 0. The molecule has 38 valence electrons. The Kier molecular flexibility index (Phi) is 1.20. The minimum absolute atomic E-state index is 0.397. The number of aromatic amines is 1. The summed E-state index contributed by atoms with van der Waals surface area (Å²) < 4.78 is 0. The number of H-pyrrole nitrogens is 1. The number of aromatic nitrogens is 1. The second-order valence-corrected chi connectivity index (χ2v) is 1.46. The van der Waals surface area contributed by atoms with Crippen molar-refractivity contribution in [2.24, 2.45) is 0 Å². The van der Waals surface area contributed by atoms with Crippen LogP contribution in [-0.2, 0) is 0 Å². The Bertz CT molecular complexity index is 180. The van der Waals surface area contributed by atoms with Crippen molar-refractivity contribution in [2.45, 2.75) is 0 Å². The topological polar surface area (TPSA) is 32.9 Å². The van der Waals surface area contributed by atoms with Crippen LogP contribution >= 0.6 is 0 Å². The highest BCUT2D eigenvalue weighted by Gasteiger charge is 1.93. The van der Waals surface area contributed by atoms with E-state index in [-0.39, 0.29) is 0 Å². The van der Waals surface area contributed by atoms with Gasteiger partial charge in [-0.05, 0) is 6.07 Å². The predicted octanol–water partition coefficient (Wildman–Crippen LogP) is 0.323. The molecule has 2 radical (unpaired) electrons. The van der Waals surface area contributed by atoms with Crippen LogP contribution in [0.2, 0.25) is 0 Å². The molecule has 0 atom stereocenters. The lowest BCUT2D eigenvalue weighted by molar-refractivity contribution is 0.108. The van der Waals surface area contributed by atoms with Crippen molar-refractivity contribution in [2.75, 3.05) is 0 Å². The third-order valence-electron chi connectivity index (χ3n) is 0.882. The van der Waals surface area contributed by atoms with Crippen molar-refractivity contribution in [1.82, 2.24) is 4.98 Å². The van der Waals surface area contributed by atoms with Crippen LogP contribution in [0.25, 0.3) is 0 Å². The van der Waals surface area contributed by atoms with Crippen molar-refractivity contribution < 1.29 is 4.79 Å². The van der Waals surface area contributed by atoms with Gasteiger partial charge in [0, 0.05) is 18.0 Å². The minimum atomic E-state index is -0.397. The first-order valence-corrected chi connectivity index (χ1v) is 2.23. The molecule has 0 fully saturated rings. The Morgan fingerprint density at radius 1 is 1.75 bits per heavy atom. The summed E-state index contributed by atoms with van der Waals surface area (Å²) in [5.41, 5.74) is 0.122. The van der Waals surface area contributed by atoms with Crippen LogP contribution in [0.1, 0.15) is 10.4 Å². The first kappa shape index (κ1) is 5.16. The Morgan fingerprint density at radius 3 is 2.75 bits per heavy atom. The molecular formula is C5H4BNO. The van der Waals surface area contributed by atoms with Crippen LogP contribution in [0, 0.1) is 0 Å². The molecule has 0 aliphatic carbocycles. The van der Waals surface area contributed by atoms with Crippen molar-refractivity contribution in [3.8, 4) is 0 Å². The molecule has 1 rings (SSSR count). The molecule has 0 unspecified atom stereocenters. The van der Waals surface area contributed by atoms with Gasteiger partial charge in [0.05, 0.1) is 0 Å². The van der Waals surface area contributed by atoms with E-state index in [0.29, 0.717) is 5.56 Å². The van der Waals surface area contributed by atoms with Crippen LogP contribution in [0.3, 0.4) is 0 Å². The zero-order valence-corrected chi connectivity index (χ0v) is 4.22. The van der Waals surface area contributed by atoms with Crippen LogP contribution in [0.15, 0.2) is 18.5 Å². The van der Waals surface area contributed by atoms with Gasteiger partial charge in [0.2, 0.25) is 0 Å². The van der Waals surface area contributed by atoms with Crippen LogP contribution in [0.5, 0.6) is 0 Å². The fourth-order valence-corrected chi connectivity index (χ4v) is 0.477. The third-order valence-corrected chi connectivity index (χ3v) is 0.882. The Morgan fingerprint density at radius 2 is 2.50 bits per heavy atom. The molecular weight excluding hydrogens is 101 g/mol. The number of carbonyl (C=O) groups is 1. The average molecular weight is 105 g/mol. The number of rotatable bonds is 1. The molecule has 1 heterocycles. The molecule has 0 aliphatic rings. The Hall–Kier alpha value is -0.985. The van der Waals surface area contributed by atoms with Crippen LogP contribution < -0.4 is 0 Å². The molecule has 0 amide bonds. The van der Waals surface area contributed by atoms with Crippen LogP contribution in [0.4, 0.5) is 0 Å². The van der Waals surface area contributed by atoms with Gasteiger partial charge in [0.1, 0.15) is 5.68 Å². The SMILES string of the molecule is [B]C(=O)c1cc[nH]c1. The van der Waals surface area contributed by atoms with Gasteiger partial charge < -0.3 is 9.78 Å². The molecule has 1 aromatic rings. The van der Waals surface area contributed by atoms with Crippen molar-refractivity contribution in [1.29, 1.82) is 0 Å². The van der Waals surface area contributed by atoms with E-state index >= 15 is 0 Å². The highest BCUT2D eigenvalue weighted by Crippen LogP contribution is 1.93. The van der Waals surface area contributed by atoms with Gasteiger partial charge in [-0.15, -0.1) is 0 Å². The normalized spacial score (nSPS) is 9.00. The lowest BCUT2D eigenvalue weighted by atomic mass is 9.97. The summed E-state index contributed by atoms with van der Waals surface area (Å²) in [6.45, 7) is 0. The summed E-state index contributed by atoms with van der Waals surface area (Å²) in [5.74, 6) is 0. The summed E-state index contributed by atoms with van der Waals surface area (Å²) >= 11 is 0. The van der Waals surface area contributed by atoms with E-state index in [0.717, 1.165) is 0 Å². The van der Waals surface area contributed by atoms with E-state index in [2.05, 4.69) is 4.98 Å². The highest BCUT2D eigenvalue weighted by atomic mass is 16.1. The molecule has 1 N–H and O–H groups in total. The fourth-order valence-electron chi connectivity index (χ4n) is 0.477. The van der Waals surface area contributed by atoms with E-state index < -0.39 is 5.68 Å². The summed E-state index contributed by atoms with van der Waals surface area (Å²) in [6.07, 6.45) is 3.21. The standard InChI is InChI=1S/C5H4BNO/c6-5(8)4-1-2-7-3-4/h1-3,7H. The second kappa shape index (κ2) is 1.86. The highest BCUT2D eigenvalue weighted by molar-refractivity contribution is 6.62. The molecule has 2 nitrogen and oxygen atoms in total. The van der Waals surface area contributed by atoms with Crippen LogP contribution in [-0.4, -0.2) is 18.5 Å². The van der Waals surface area contributed by atoms with Gasteiger partial charge in [-0.2, -0.15) is 0 Å². The van der Waals surface area contributed by atoms with E-state index in [1.54, 1.807) is 18.5 Å². The molecule has 3 heteroatoms. The lowest BCUT2D eigenvalue weighted by Crippen LogP contribution is -1.92. The van der Waals surface area contributed by atoms with Gasteiger partial charge in [-0.1, -0.05) is 0 Å². The molecule has 1 aromatic heterocycles. The minimum Gasteiger partial charge on any atom is -0.367 e. The maximum Gasteiger partial charge on any atom is 0.175 e. The zero-order chi connectivity index (χ0) is 5.98. The summed E-state index contributed by atoms with van der Waals surface area (Å²) in [5, 5.41) is 0. The lowest BCUT2D eigenvalue weighted by Gasteiger charge is -1.80. The predicted molar refractivity (Wildman–Crippen MR) is 30.9 cm³/mol. The number of carbonyl (C=O) groups excluding carboxylic acids is 1. The molecule has 0 spiro atoms. The largest absolute Gasteiger partial charge is 0.367 e. The molecule has 0 aliphatic heterocycles. The number of hydrogen-bond donors (Lipinski definition) is 1. The Balaban J connectivity index is 2.93. The number of hydrogen-bond acceptors (Lipinski definition) is 1. The van der Waals surface area contributed by atoms with Crippen molar-refractivity contribution >= 4 is 13.5 Å². The summed E-state index contributed by atoms with van der Waals surface area (Å²) in [4.78, 5) is 13.0. The van der Waals surface area contributed by atoms with Gasteiger partial charge in [-0.25, -0.2) is 0 Å². The summed E-state index contributed by atoms with van der Waals surface area (Å²) in [6, 6.07) is 1.63. The molecule has 0 saturated carbocycles. The quantitative estimate of drug-likeness (QED) is 0.512. The van der Waals surface area contributed by atoms with Crippen molar-refractivity contribution in [3.63, 3.8) is 0 Å². The van der Waals surface area contributed by atoms with Crippen molar-refractivity contribution in [3.05, 3.63) is 24.0 Å². The third kappa shape index (κ3) is 0.806. The molecule has 0 saturated heterocycles. The van der Waals surface area contributed by atoms with E-state index in [4.69, 9.17) is 7.85 Å². The first-order valence-electron chi connectivity index (χ1n) is 2.23. The smallest absolute Gasteiger partial charge is 0.175 e. The number of nitrogens with one attached hydrogen (secondary N) is 1. The zero-order valence-electron chi connectivity index (χ0n) is 4.22. The van der Waals surface area contributed by atoms with Gasteiger partial charge in [0.15, 0.2) is 7.85 Å². The molecule has 0 bridgehead atoms. The van der Waals surface area contributed by atoms with E-state index in [1.807, 2.05) is 0 Å². The maximum atomic E-state index is 10.3. The van der Waals surface area contributed by atoms with Gasteiger partial charge >= 0.3 is 0 Å². The summed E-state index contributed by atoms with van der Waals surface area (Å²) in [7, 11) is 4.90. The van der Waals surface area contributed by atoms with Gasteiger partial charge in [0.25, 0.3) is 0 Å². The van der Waals surface area contributed by atoms with E-state index in [1.165, 1.54) is 0 Å². The first-order chi connectivity index (χ1) is 3.80. The maximum absolute atomic E-state index is 10.3. The van der Waals surface area contributed by atoms with Gasteiger partial charge in [-0.3, -0.25) is 0 Å². The molecule has 0 aromatic carbocycles. The second-order valence-electron chi connectivity index (χ2n) is 1.46. The monoisotopic (exact) mass is 105 g/mol. The van der Waals surface area contributed by atoms with E-state index in [9.17, 15) is 4.79 Å². The molecule has 8 heavy (non-hydrogen) atoms. The average Bonchev–Trinajstić information content (AvgIpc) is 2.12. The Labute approximate surface area is 48.3 Å².